The summed E-state index contributed by atoms with van der Waals surface area (Å²) in [6, 6.07) is 13.1. The molecule has 2 aromatic rings. The van der Waals surface area contributed by atoms with E-state index in [1.807, 2.05) is 51.4 Å². The molecule has 0 aliphatic rings. The molecule has 29 heavy (non-hydrogen) atoms. The number of rotatable bonds is 9. The lowest BCUT2D eigenvalue weighted by atomic mass is 10.1. The van der Waals surface area contributed by atoms with E-state index in [-0.39, 0.29) is 29.8 Å². The maximum absolute atomic E-state index is 13.4. The number of aliphatic imine (C=N–C) groups is 1. The van der Waals surface area contributed by atoms with E-state index in [2.05, 4.69) is 20.5 Å². The third kappa shape index (κ3) is 8.99. The van der Waals surface area contributed by atoms with Crippen LogP contribution in [0.1, 0.15) is 23.6 Å². The first-order chi connectivity index (χ1) is 13.5. The Bertz CT molecular complexity index is 783. The molecule has 0 aromatic heterocycles. The summed E-state index contributed by atoms with van der Waals surface area (Å²) < 4.78 is 19.3. The summed E-state index contributed by atoms with van der Waals surface area (Å²) >= 11 is 0. The van der Waals surface area contributed by atoms with Crippen molar-refractivity contribution in [3.05, 3.63) is 65.0 Å². The van der Waals surface area contributed by atoms with Gasteiger partial charge in [-0.25, -0.2) is 9.38 Å². The molecule has 0 saturated heterocycles. The highest BCUT2D eigenvalue weighted by molar-refractivity contribution is 14.0. The van der Waals surface area contributed by atoms with Gasteiger partial charge in [-0.05, 0) is 51.2 Å². The van der Waals surface area contributed by atoms with Crippen LogP contribution in [0, 0.1) is 12.7 Å². The van der Waals surface area contributed by atoms with Crippen molar-refractivity contribution in [1.82, 2.24) is 15.5 Å². The topological polar surface area (TPSA) is 48.9 Å². The van der Waals surface area contributed by atoms with Crippen LogP contribution >= 0.6 is 24.0 Å². The van der Waals surface area contributed by atoms with Crippen LogP contribution in [0.25, 0.3) is 0 Å². The zero-order valence-electron chi connectivity index (χ0n) is 17.7. The van der Waals surface area contributed by atoms with Crippen molar-refractivity contribution < 1.29 is 9.13 Å². The predicted molar refractivity (Wildman–Crippen MR) is 129 cm³/mol. The van der Waals surface area contributed by atoms with E-state index in [0.717, 1.165) is 30.0 Å². The van der Waals surface area contributed by atoms with E-state index in [1.165, 1.54) is 6.07 Å². The maximum atomic E-state index is 13.4. The molecule has 2 rings (SSSR count). The molecule has 0 bridgehead atoms. The summed E-state index contributed by atoms with van der Waals surface area (Å²) in [5.41, 5.74) is 2.68. The second kappa shape index (κ2) is 13.4. The molecule has 0 amide bonds. The number of guanidine groups is 1. The minimum Gasteiger partial charge on any atom is -0.492 e. The summed E-state index contributed by atoms with van der Waals surface area (Å²) in [4.78, 5) is 6.70. The molecule has 0 aliphatic heterocycles. The van der Waals surface area contributed by atoms with Gasteiger partial charge in [-0.2, -0.15) is 0 Å². The third-order valence-electron chi connectivity index (χ3n) is 4.20. The van der Waals surface area contributed by atoms with Crippen LogP contribution in [0.5, 0.6) is 5.75 Å². The smallest absolute Gasteiger partial charge is 0.191 e. The van der Waals surface area contributed by atoms with Gasteiger partial charge in [0.1, 0.15) is 18.2 Å². The molecule has 0 heterocycles. The molecule has 0 saturated carbocycles. The summed E-state index contributed by atoms with van der Waals surface area (Å²) in [7, 11) is 4.05. The van der Waals surface area contributed by atoms with Crippen molar-refractivity contribution in [3.63, 3.8) is 0 Å². The van der Waals surface area contributed by atoms with Gasteiger partial charge in [-0.1, -0.05) is 30.3 Å². The van der Waals surface area contributed by atoms with Crippen LogP contribution in [0.15, 0.2) is 47.5 Å². The summed E-state index contributed by atoms with van der Waals surface area (Å²) in [6.07, 6.45) is 0. The monoisotopic (exact) mass is 514 g/mol. The first-order valence-corrected chi connectivity index (χ1v) is 9.62. The Kier molecular flexibility index (Phi) is 11.6. The number of nitrogens with one attached hydrogen (secondary N) is 2. The second-order valence-corrected chi connectivity index (χ2v) is 6.89. The minimum atomic E-state index is -0.191. The maximum Gasteiger partial charge on any atom is 0.191 e. The van der Waals surface area contributed by atoms with E-state index in [0.29, 0.717) is 31.2 Å². The van der Waals surface area contributed by atoms with Gasteiger partial charge < -0.3 is 20.3 Å². The van der Waals surface area contributed by atoms with Gasteiger partial charge in [0.15, 0.2) is 5.96 Å². The Balaban J connectivity index is 0.00000420. The molecular formula is C22H32FIN4O. The largest absolute Gasteiger partial charge is 0.492 e. The van der Waals surface area contributed by atoms with Crippen molar-refractivity contribution in [2.45, 2.75) is 26.9 Å². The zero-order valence-corrected chi connectivity index (χ0v) is 20.0. The number of ether oxygens (including phenoxy) is 1. The predicted octanol–water partition coefficient (Wildman–Crippen LogP) is 3.95. The van der Waals surface area contributed by atoms with Crippen molar-refractivity contribution >= 4 is 29.9 Å². The molecule has 0 unspecified atom stereocenters. The van der Waals surface area contributed by atoms with Crippen LogP contribution < -0.4 is 15.4 Å². The van der Waals surface area contributed by atoms with Crippen molar-refractivity contribution in [2.75, 3.05) is 33.8 Å². The molecule has 2 aromatic carbocycles. The van der Waals surface area contributed by atoms with E-state index >= 15 is 0 Å². The lowest BCUT2D eigenvalue weighted by Gasteiger charge is -2.16. The molecule has 7 heteroatoms. The molecule has 0 atom stereocenters. The van der Waals surface area contributed by atoms with Gasteiger partial charge >= 0.3 is 0 Å². The molecule has 160 valence electrons. The van der Waals surface area contributed by atoms with Crippen molar-refractivity contribution in [1.29, 1.82) is 0 Å². The Morgan fingerprint density at radius 2 is 1.90 bits per heavy atom. The van der Waals surface area contributed by atoms with Crippen molar-refractivity contribution in [3.8, 4) is 5.75 Å². The average Bonchev–Trinajstić information content (AvgIpc) is 2.67. The highest BCUT2D eigenvalue weighted by Crippen LogP contribution is 2.17. The normalized spacial score (nSPS) is 11.2. The van der Waals surface area contributed by atoms with E-state index in [9.17, 15) is 4.39 Å². The minimum absolute atomic E-state index is 0. The first kappa shape index (κ1) is 25.2. The standard InChI is InChI=1S/C22H31FN4O.HI/c1-5-24-22(25-15-18-10-11-20(23)17(2)14-18)26-16-19-8-6-7-9-21(19)28-13-12-27(3)4;/h6-11,14H,5,12-13,15-16H2,1-4H3,(H2,24,25,26);1H. The fourth-order valence-electron chi connectivity index (χ4n) is 2.63. The summed E-state index contributed by atoms with van der Waals surface area (Å²) in [6.45, 7) is 7.14. The molecule has 0 spiro atoms. The Hall–Kier alpha value is -1.87. The third-order valence-corrected chi connectivity index (χ3v) is 4.20. The van der Waals surface area contributed by atoms with Crippen LogP contribution in [-0.2, 0) is 13.1 Å². The Morgan fingerprint density at radius 1 is 1.14 bits per heavy atom. The van der Waals surface area contributed by atoms with Gasteiger partial charge in [0, 0.05) is 25.2 Å². The lowest BCUT2D eigenvalue weighted by molar-refractivity contribution is 0.259. The average molecular weight is 514 g/mol. The number of benzene rings is 2. The fourth-order valence-corrected chi connectivity index (χ4v) is 2.63. The van der Waals surface area contributed by atoms with Crippen LogP contribution in [0.2, 0.25) is 0 Å². The van der Waals surface area contributed by atoms with Crippen LogP contribution in [-0.4, -0.2) is 44.7 Å². The van der Waals surface area contributed by atoms with Gasteiger partial charge in [0.2, 0.25) is 0 Å². The molecule has 5 nitrogen and oxygen atoms in total. The SMILES string of the molecule is CCNC(=NCc1ccc(F)c(C)c1)NCc1ccccc1OCCN(C)C.I. The van der Waals surface area contributed by atoms with Gasteiger partial charge in [-0.15, -0.1) is 24.0 Å². The number of nitrogens with zero attached hydrogens (tertiary/aromatic N) is 2. The highest BCUT2D eigenvalue weighted by atomic mass is 127. The summed E-state index contributed by atoms with van der Waals surface area (Å²) in [5, 5.41) is 6.59. The number of likely N-dealkylation sites (N-methyl/N-ethyl adjacent to an activating group) is 1. The van der Waals surface area contributed by atoms with Gasteiger partial charge in [0.05, 0.1) is 6.54 Å². The summed E-state index contributed by atoms with van der Waals surface area (Å²) in [5.74, 6) is 1.40. The van der Waals surface area contributed by atoms with Crippen LogP contribution in [0.4, 0.5) is 4.39 Å². The first-order valence-electron chi connectivity index (χ1n) is 9.62. The number of hydrogen-bond donors (Lipinski definition) is 2. The van der Waals surface area contributed by atoms with E-state index in [1.54, 1.807) is 13.0 Å². The van der Waals surface area contributed by atoms with E-state index in [4.69, 9.17) is 4.74 Å². The number of halogens is 2. The van der Waals surface area contributed by atoms with Gasteiger partial charge in [-0.3, -0.25) is 0 Å². The molecule has 2 N–H and O–H groups in total. The highest BCUT2D eigenvalue weighted by Gasteiger charge is 2.05. The Morgan fingerprint density at radius 3 is 2.59 bits per heavy atom. The number of para-hydroxylation sites is 1. The Labute approximate surface area is 190 Å². The molecule has 0 radical (unpaired) electrons. The molecule has 0 fully saturated rings. The quantitative estimate of drug-likeness (QED) is 0.303. The van der Waals surface area contributed by atoms with Gasteiger partial charge in [0.25, 0.3) is 0 Å². The van der Waals surface area contributed by atoms with Crippen LogP contribution in [0.3, 0.4) is 0 Å². The number of hydrogen-bond acceptors (Lipinski definition) is 3. The van der Waals surface area contributed by atoms with Crippen molar-refractivity contribution in [2.24, 2.45) is 4.99 Å². The fraction of sp³-hybridized carbons (Fsp3) is 0.409. The molecular weight excluding hydrogens is 482 g/mol. The number of aryl methyl sites for hydroxylation is 1. The van der Waals surface area contributed by atoms with E-state index < -0.39 is 0 Å². The second-order valence-electron chi connectivity index (χ2n) is 6.89. The zero-order chi connectivity index (χ0) is 20.4. The molecule has 0 aliphatic carbocycles. The lowest BCUT2D eigenvalue weighted by Crippen LogP contribution is -2.36.